The molecule has 7 nitrogen and oxygen atoms in total. The van der Waals surface area contributed by atoms with Crippen molar-refractivity contribution in [3.63, 3.8) is 0 Å². The third-order valence-corrected chi connectivity index (χ3v) is 4.20. The van der Waals surface area contributed by atoms with Crippen molar-refractivity contribution in [2.45, 2.75) is 13.0 Å². The molecule has 3 aromatic rings. The van der Waals surface area contributed by atoms with Gasteiger partial charge < -0.3 is 14.6 Å². The highest BCUT2D eigenvalue weighted by Gasteiger charge is 2.21. The summed E-state index contributed by atoms with van der Waals surface area (Å²) in [6, 6.07) is 13.5. The summed E-state index contributed by atoms with van der Waals surface area (Å²) in [6.07, 6.45) is -2.18. The minimum absolute atomic E-state index is 0.0243. The third-order valence-electron chi connectivity index (χ3n) is 4.20. The van der Waals surface area contributed by atoms with Crippen LogP contribution in [-0.2, 0) is 6.61 Å². The van der Waals surface area contributed by atoms with Crippen molar-refractivity contribution in [1.82, 2.24) is 9.97 Å². The van der Waals surface area contributed by atoms with Crippen LogP contribution in [-0.4, -0.2) is 28.2 Å². The first-order valence-corrected chi connectivity index (χ1v) is 8.61. The Balaban J connectivity index is 1.77. The molecule has 0 bridgehead atoms. The number of nitrogens with zero attached hydrogens (tertiary/aromatic N) is 3. The number of carboxylic acids is 1. The summed E-state index contributed by atoms with van der Waals surface area (Å²) < 4.78 is 37.0. The van der Waals surface area contributed by atoms with Crippen molar-refractivity contribution in [2.24, 2.45) is 0 Å². The molecule has 152 valence electrons. The monoisotopic (exact) mass is 411 g/mol. The molecule has 0 amide bonds. The zero-order valence-electron chi connectivity index (χ0n) is 15.7. The molecular formula is C21H15F2N3O4. The van der Waals surface area contributed by atoms with Crippen molar-refractivity contribution in [3.8, 4) is 29.0 Å². The largest absolute Gasteiger partial charge is 0.497 e. The van der Waals surface area contributed by atoms with Gasteiger partial charge in [0.2, 0.25) is 0 Å². The predicted molar refractivity (Wildman–Crippen MR) is 101 cm³/mol. The Morgan fingerprint density at radius 3 is 2.50 bits per heavy atom. The maximum absolute atomic E-state index is 13.1. The number of benzene rings is 2. The smallest absolute Gasteiger partial charge is 0.339 e. The lowest BCUT2D eigenvalue weighted by Gasteiger charge is -2.10. The van der Waals surface area contributed by atoms with Crippen LogP contribution in [0.3, 0.4) is 0 Å². The van der Waals surface area contributed by atoms with Gasteiger partial charge in [-0.2, -0.15) is 5.26 Å². The minimum atomic E-state index is -3.04. The van der Waals surface area contributed by atoms with Crippen molar-refractivity contribution in [1.29, 1.82) is 5.26 Å². The molecule has 0 saturated carbocycles. The summed E-state index contributed by atoms with van der Waals surface area (Å²) in [5.41, 5.74) is 0.0511. The van der Waals surface area contributed by atoms with E-state index in [1.807, 2.05) is 0 Å². The first-order valence-electron chi connectivity index (χ1n) is 8.61. The number of nitriles is 1. The van der Waals surface area contributed by atoms with E-state index in [0.29, 0.717) is 28.2 Å². The second-order valence-corrected chi connectivity index (χ2v) is 6.05. The van der Waals surface area contributed by atoms with Crippen LogP contribution >= 0.6 is 0 Å². The topological polar surface area (TPSA) is 105 Å². The van der Waals surface area contributed by atoms with Gasteiger partial charge in [-0.3, -0.25) is 0 Å². The van der Waals surface area contributed by atoms with E-state index in [9.17, 15) is 18.8 Å². The zero-order valence-corrected chi connectivity index (χ0v) is 15.7. The number of hydrogen-bond donors (Lipinski definition) is 1. The van der Waals surface area contributed by atoms with Crippen LogP contribution in [0.2, 0.25) is 0 Å². The molecule has 0 aliphatic rings. The fourth-order valence-electron chi connectivity index (χ4n) is 2.64. The fraction of sp³-hybridized carbons (Fsp3) is 0.143. The lowest BCUT2D eigenvalue weighted by atomic mass is 10.1. The molecule has 1 aromatic heterocycles. The van der Waals surface area contributed by atoms with Gasteiger partial charge in [-0.25, -0.2) is 23.5 Å². The molecule has 1 N–H and O–H groups in total. The second-order valence-electron chi connectivity index (χ2n) is 6.05. The highest BCUT2D eigenvalue weighted by atomic mass is 19.3. The quantitative estimate of drug-likeness (QED) is 0.620. The predicted octanol–water partition coefficient (Wildman–Crippen LogP) is 4.24. The van der Waals surface area contributed by atoms with Crippen LogP contribution in [0.25, 0.3) is 11.4 Å². The molecule has 9 heteroatoms. The molecule has 0 radical (unpaired) electrons. The summed E-state index contributed by atoms with van der Waals surface area (Å²) in [6.45, 7) is 0.144. The maximum Gasteiger partial charge on any atom is 0.339 e. The number of halogens is 2. The first kappa shape index (κ1) is 20.7. The average molecular weight is 411 g/mol. The summed E-state index contributed by atoms with van der Waals surface area (Å²) in [7, 11) is 1.51. The number of methoxy groups -OCH3 is 1. The Kier molecular flexibility index (Phi) is 6.17. The van der Waals surface area contributed by atoms with Crippen LogP contribution in [0.5, 0.6) is 11.5 Å². The van der Waals surface area contributed by atoms with Crippen LogP contribution in [0.15, 0.2) is 48.7 Å². The molecule has 0 spiro atoms. The number of carbonyl (C=O) groups is 1. The number of alkyl halides is 2. The molecule has 0 unspecified atom stereocenters. The molecule has 3 rings (SSSR count). The molecule has 0 aliphatic heterocycles. The molecule has 1 heterocycles. The molecular weight excluding hydrogens is 396 g/mol. The standard InChI is InChI=1S/C21H15F2N3O4/c1-29-16-7-4-13(14(8-16)9-24)11-30-15-5-2-12(3-6-15)20-25-10-17(21(27)28)18(26-20)19(22)23/h2-8,10,19H,11H2,1H3,(H,27,28). The Labute approximate surface area is 170 Å². The Bertz CT molecular complexity index is 1110. The summed E-state index contributed by atoms with van der Waals surface area (Å²) in [5.74, 6) is -0.494. The first-order chi connectivity index (χ1) is 14.4. The number of aromatic carboxylic acids is 1. The van der Waals surface area contributed by atoms with Gasteiger partial charge in [0.05, 0.1) is 18.7 Å². The van der Waals surface area contributed by atoms with E-state index in [4.69, 9.17) is 14.6 Å². The summed E-state index contributed by atoms with van der Waals surface area (Å²) in [5, 5.41) is 18.2. The highest BCUT2D eigenvalue weighted by Crippen LogP contribution is 2.26. The zero-order chi connectivity index (χ0) is 21.7. The van der Waals surface area contributed by atoms with E-state index in [2.05, 4.69) is 16.0 Å². The molecule has 30 heavy (non-hydrogen) atoms. The van der Waals surface area contributed by atoms with Gasteiger partial charge in [-0.05, 0) is 36.4 Å². The lowest BCUT2D eigenvalue weighted by molar-refractivity contribution is 0.0681. The van der Waals surface area contributed by atoms with E-state index < -0.39 is 23.7 Å². The van der Waals surface area contributed by atoms with Gasteiger partial charge >= 0.3 is 5.97 Å². The summed E-state index contributed by atoms with van der Waals surface area (Å²) >= 11 is 0. The van der Waals surface area contributed by atoms with E-state index in [0.717, 1.165) is 6.20 Å². The van der Waals surface area contributed by atoms with Crippen LogP contribution in [0.1, 0.15) is 33.6 Å². The number of rotatable bonds is 7. The van der Waals surface area contributed by atoms with Gasteiger partial charge in [0, 0.05) is 17.3 Å². The van der Waals surface area contributed by atoms with Crippen LogP contribution < -0.4 is 9.47 Å². The highest BCUT2D eigenvalue weighted by molar-refractivity contribution is 5.88. The summed E-state index contributed by atoms with van der Waals surface area (Å²) in [4.78, 5) is 18.6. The van der Waals surface area contributed by atoms with Crippen molar-refractivity contribution < 1.29 is 28.2 Å². The molecule has 0 fully saturated rings. The van der Waals surface area contributed by atoms with Crippen molar-refractivity contribution in [2.75, 3.05) is 7.11 Å². The number of ether oxygens (including phenoxy) is 2. The van der Waals surface area contributed by atoms with Gasteiger partial charge in [0.1, 0.15) is 29.4 Å². The number of carboxylic acid groups (broad SMARTS) is 1. The van der Waals surface area contributed by atoms with Gasteiger partial charge in [-0.15, -0.1) is 0 Å². The number of aromatic nitrogens is 2. The van der Waals surface area contributed by atoms with Crippen molar-refractivity contribution >= 4 is 5.97 Å². The van der Waals surface area contributed by atoms with E-state index in [1.54, 1.807) is 42.5 Å². The van der Waals surface area contributed by atoms with E-state index >= 15 is 0 Å². The van der Waals surface area contributed by atoms with Gasteiger partial charge in [-0.1, -0.05) is 6.07 Å². The molecule has 0 aliphatic carbocycles. The Hall–Kier alpha value is -4.06. The maximum atomic E-state index is 13.1. The van der Waals surface area contributed by atoms with Crippen LogP contribution in [0.4, 0.5) is 8.78 Å². The normalized spacial score (nSPS) is 10.5. The van der Waals surface area contributed by atoms with E-state index in [-0.39, 0.29) is 12.4 Å². The molecule has 0 atom stereocenters. The SMILES string of the molecule is COc1ccc(COc2ccc(-c3ncc(C(=O)O)c(C(F)F)n3)cc2)c(C#N)c1. The lowest BCUT2D eigenvalue weighted by Crippen LogP contribution is -2.08. The Morgan fingerprint density at radius 2 is 1.90 bits per heavy atom. The number of hydrogen-bond acceptors (Lipinski definition) is 6. The van der Waals surface area contributed by atoms with Gasteiger partial charge in [0.25, 0.3) is 6.43 Å². The van der Waals surface area contributed by atoms with Crippen molar-refractivity contribution in [3.05, 3.63) is 71.0 Å². The Morgan fingerprint density at radius 1 is 1.20 bits per heavy atom. The van der Waals surface area contributed by atoms with Gasteiger partial charge in [0.15, 0.2) is 5.82 Å². The van der Waals surface area contributed by atoms with Crippen LogP contribution in [0, 0.1) is 11.3 Å². The second kappa shape index (κ2) is 8.96. The molecule has 2 aromatic carbocycles. The minimum Gasteiger partial charge on any atom is -0.497 e. The van der Waals surface area contributed by atoms with E-state index in [1.165, 1.54) is 7.11 Å². The fourth-order valence-corrected chi connectivity index (χ4v) is 2.64. The molecule has 0 saturated heterocycles. The third kappa shape index (κ3) is 4.50. The average Bonchev–Trinajstić information content (AvgIpc) is 2.77.